The first kappa shape index (κ1) is 18.2. The van der Waals surface area contributed by atoms with Gasteiger partial charge in [0.05, 0.1) is 28.4 Å². The van der Waals surface area contributed by atoms with Crippen molar-refractivity contribution in [2.45, 2.75) is 19.3 Å². The molecule has 0 atom stereocenters. The van der Waals surface area contributed by atoms with Crippen LogP contribution in [-0.4, -0.2) is 26.2 Å². The molecule has 0 radical (unpaired) electrons. The summed E-state index contributed by atoms with van der Waals surface area (Å²) in [6.45, 7) is 5.00. The first-order chi connectivity index (χ1) is 13.9. The minimum absolute atomic E-state index is 0.00596. The van der Waals surface area contributed by atoms with Crippen molar-refractivity contribution in [2.75, 3.05) is 11.9 Å². The van der Waals surface area contributed by atoms with Crippen molar-refractivity contribution in [3.63, 3.8) is 0 Å². The van der Waals surface area contributed by atoms with Gasteiger partial charge in [-0.2, -0.15) is 14.6 Å². The number of nitrogens with one attached hydrogen (secondary N) is 1. The molecule has 8 heteroatoms. The highest BCUT2D eigenvalue weighted by molar-refractivity contribution is 6.39. The third-order valence-electron chi connectivity index (χ3n) is 5.00. The molecule has 1 aliphatic rings. The summed E-state index contributed by atoms with van der Waals surface area (Å²) in [5.41, 5.74) is 3.26. The summed E-state index contributed by atoms with van der Waals surface area (Å²) in [6.07, 6.45) is 1.67. The van der Waals surface area contributed by atoms with Gasteiger partial charge in [-0.1, -0.05) is 49.2 Å². The molecular weight excluding hydrogens is 409 g/mol. The fourth-order valence-electron chi connectivity index (χ4n) is 3.47. The highest BCUT2D eigenvalue weighted by Crippen LogP contribution is 2.40. The lowest BCUT2D eigenvalue weighted by Gasteiger charge is -2.15. The monoisotopic (exact) mass is 425 g/mol. The largest absolute Gasteiger partial charge is 0.492 e. The maximum absolute atomic E-state index is 6.37. The molecule has 1 N–H and O–H groups in total. The summed E-state index contributed by atoms with van der Waals surface area (Å²) in [5.74, 6) is 1.80. The summed E-state index contributed by atoms with van der Waals surface area (Å²) < 4.78 is 7.49. The molecule has 3 heterocycles. The first-order valence-corrected chi connectivity index (χ1v) is 9.88. The number of hydrogen-bond donors (Lipinski definition) is 1. The SMILES string of the molecule is CC1(C)COc2cc(Nc3nc(-c4c(Cl)cccc4Cl)nc4ccnn34)ccc21. The lowest BCUT2D eigenvalue weighted by atomic mass is 9.87. The Bertz CT molecular complexity index is 1230. The Balaban J connectivity index is 1.60. The van der Waals surface area contributed by atoms with E-state index in [2.05, 4.69) is 40.3 Å². The van der Waals surface area contributed by atoms with E-state index in [9.17, 15) is 0 Å². The first-order valence-electron chi connectivity index (χ1n) is 9.13. The molecule has 2 aromatic heterocycles. The Morgan fingerprint density at radius 1 is 1.07 bits per heavy atom. The van der Waals surface area contributed by atoms with Gasteiger partial charge in [-0.3, -0.25) is 0 Å². The van der Waals surface area contributed by atoms with Crippen LogP contribution in [0.1, 0.15) is 19.4 Å². The summed E-state index contributed by atoms with van der Waals surface area (Å²) in [7, 11) is 0. The normalized spacial score (nSPS) is 14.6. The Morgan fingerprint density at radius 3 is 2.66 bits per heavy atom. The number of hydrogen-bond acceptors (Lipinski definition) is 5. The number of fused-ring (bicyclic) bond motifs is 2. The summed E-state index contributed by atoms with van der Waals surface area (Å²) in [5, 5.41) is 8.62. The van der Waals surface area contributed by atoms with E-state index in [1.54, 1.807) is 35.0 Å². The van der Waals surface area contributed by atoms with E-state index in [1.165, 1.54) is 5.56 Å². The molecule has 0 spiro atoms. The van der Waals surface area contributed by atoms with Crippen LogP contribution < -0.4 is 10.1 Å². The van der Waals surface area contributed by atoms with Gasteiger partial charge in [0.1, 0.15) is 5.75 Å². The highest BCUT2D eigenvalue weighted by atomic mass is 35.5. The van der Waals surface area contributed by atoms with Crippen molar-refractivity contribution < 1.29 is 4.74 Å². The molecule has 5 rings (SSSR count). The van der Waals surface area contributed by atoms with Crippen LogP contribution in [0, 0.1) is 0 Å². The number of rotatable bonds is 3. The number of nitrogens with zero attached hydrogens (tertiary/aromatic N) is 4. The van der Waals surface area contributed by atoms with E-state index in [1.807, 2.05) is 12.1 Å². The van der Waals surface area contributed by atoms with E-state index in [0.29, 0.717) is 39.6 Å². The highest BCUT2D eigenvalue weighted by Gasteiger charge is 2.31. The number of ether oxygens (including phenoxy) is 1. The Labute approximate surface area is 177 Å². The van der Waals surface area contributed by atoms with Gasteiger partial charge in [0.2, 0.25) is 5.95 Å². The van der Waals surface area contributed by atoms with Crippen molar-refractivity contribution >= 4 is 40.5 Å². The quantitative estimate of drug-likeness (QED) is 0.468. The molecule has 0 unspecified atom stereocenters. The minimum Gasteiger partial charge on any atom is -0.492 e. The van der Waals surface area contributed by atoms with Gasteiger partial charge in [0.15, 0.2) is 11.5 Å². The van der Waals surface area contributed by atoms with Gasteiger partial charge in [-0.25, -0.2) is 4.98 Å². The average Bonchev–Trinajstić information content (AvgIpc) is 3.26. The van der Waals surface area contributed by atoms with Gasteiger partial charge >= 0.3 is 0 Å². The second-order valence-corrected chi connectivity index (χ2v) is 8.39. The fraction of sp³-hybridized carbons (Fsp3) is 0.190. The minimum atomic E-state index is 0.00596. The maximum atomic E-state index is 6.37. The smallest absolute Gasteiger partial charge is 0.232 e. The molecule has 0 aliphatic carbocycles. The van der Waals surface area contributed by atoms with Crippen LogP contribution in [0.25, 0.3) is 17.0 Å². The van der Waals surface area contributed by atoms with E-state index < -0.39 is 0 Å². The van der Waals surface area contributed by atoms with Crippen LogP contribution in [0.4, 0.5) is 11.6 Å². The predicted molar refractivity (Wildman–Crippen MR) is 114 cm³/mol. The lowest BCUT2D eigenvalue weighted by molar-refractivity contribution is 0.291. The molecule has 0 bridgehead atoms. The zero-order valence-corrected chi connectivity index (χ0v) is 17.3. The zero-order valence-electron chi connectivity index (χ0n) is 15.8. The number of aromatic nitrogens is 4. The van der Waals surface area contributed by atoms with Crippen LogP contribution in [0.15, 0.2) is 48.7 Å². The number of halogens is 2. The molecule has 146 valence electrons. The lowest BCUT2D eigenvalue weighted by Crippen LogP contribution is -2.18. The van der Waals surface area contributed by atoms with Crippen molar-refractivity contribution in [1.82, 2.24) is 19.6 Å². The second-order valence-electron chi connectivity index (χ2n) is 7.58. The van der Waals surface area contributed by atoms with Gasteiger partial charge in [0, 0.05) is 28.8 Å². The summed E-state index contributed by atoms with van der Waals surface area (Å²) in [4.78, 5) is 9.21. The van der Waals surface area contributed by atoms with Crippen LogP contribution >= 0.6 is 23.2 Å². The van der Waals surface area contributed by atoms with Gasteiger partial charge < -0.3 is 10.1 Å². The van der Waals surface area contributed by atoms with Crippen LogP contribution in [-0.2, 0) is 5.41 Å². The van der Waals surface area contributed by atoms with Crippen molar-refractivity contribution in [3.05, 3.63) is 64.3 Å². The van der Waals surface area contributed by atoms with Crippen molar-refractivity contribution in [1.29, 1.82) is 0 Å². The third-order valence-corrected chi connectivity index (χ3v) is 5.63. The molecule has 1 aliphatic heterocycles. The van der Waals surface area contributed by atoms with E-state index in [0.717, 1.165) is 11.4 Å². The van der Waals surface area contributed by atoms with E-state index in [-0.39, 0.29) is 5.41 Å². The fourth-order valence-corrected chi connectivity index (χ4v) is 4.04. The number of anilines is 2. The Kier molecular flexibility index (Phi) is 4.15. The van der Waals surface area contributed by atoms with Crippen molar-refractivity contribution in [3.8, 4) is 17.1 Å². The Hall–Kier alpha value is -2.83. The zero-order chi connectivity index (χ0) is 20.2. The van der Waals surface area contributed by atoms with Gasteiger partial charge in [0.25, 0.3) is 0 Å². The summed E-state index contributed by atoms with van der Waals surface area (Å²) >= 11 is 12.7. The number of benzene rings is 2. The average molecular weight is 426 g/mol. The molecule has 0 fully saturated rings. The van der Waals surface area contributed by atoms with Crippen molar-refractivity contribution in [2.24, 2.45) is 0 Å². The van der Waals surface area contributed by atoms with Crippen LogP contribution in [0.3, 0.4) is 0 Å². The van der Waals surface area contributed by atoms with Gasteiger partial charge in [-0.05, 0) is 18.2 Å². The molecular formula is C21H17Cl2N5O. The molecule has 0 amide bonds. The third kappa shape index (κ3) is 3.09. The second kappa shape index (κ2) is 6.61. The summed E-state index contributed by atoms with van der Waals surface area (Å²) in [6, 6.07) is 13.2. The molecule has 4 aromatic rings. The predicted octanol–water partition coefficient (Wildman–Crippen LogP) is 5.51. The van der Waals surface area contributed by atoms with E-state index in [4.69, 9.17) is 27.9 Å². The molecule has 2 aromatic carbocycles. The topological polar surface area (TPSA) is 64.3 Å². The van der Waals surface area contributed by atoms with E-state index >= 15 is 0 Å². The molecule has 6 nitrogen and oxygen atoms in total. The maximum Gasteiger partial charge on any atom is 0.232 e. The standard InChI is InChI=1S/C21H17Cl2N5O/c1-21(2)11-29-16-10-12(6-7-13(16)21)25-20-27-19(26-17-8-9-24-28(17)20)18-14(22)4-3-5-15(18)23/h3-10H,11H2,1-2H3,(H,25,26,27). The van der Waals surface area contributed by atoms with Gasteiger partial charge in [-0.15, -0.1) is 0 Å². The Morgan fingerprint density at radius 2 is 1.86 bits per heavy atom. The molecule has 29 heavy (non-hydrogen) atoms. The molecule has 0 saturated carbocycles. The van der Waals surface area contributed by atoms with Crippen LogP contribution in [0.2, 0.25) is 10.0 Å². The molecule has 0 saturated heterocycles. The van der Waals surface area contributed by atoms with Crippen LogP contribution in [0.5, 0.6) is 5.75 Å².